The average Bonchev–Trinajstić information content (AvgIpc) is 2.67. The summed E-state index contributed by atoms with van der Waals surface area (Å²) in [5.41, 5.74) is 2.21. The molecule has 1 N–H and O–H groups in total. The van der Waals surface area contributed by atoms with Gasteiger partial charge in [0, 0.05) is 26.2 Å². The molecule has 0 saturated carbocycles. The zero-order valence-electron chi connectivity index (χ0n) is 17.1. The van der Waals surface area contributed by atoms with Crippen LogP contribution in [0.2, 0.25) is 0 Å². The molecule has 1 amide bonds. The molecular formula is C20H23N5O3S. The molecule has 0 bridgehead atoms. The maximum Gasteiger partial charge on any atom is 0.332 e. The fourth-order valence-electron chi connectivity index (χ4n) is 3.11. The van der Waals surface area contributed by atoms with E-state index < -0.39 is 11.2 Å². The van der Waals surface area contributed by atoms with Gasteiger partial charge < -0.3 is 5.32 Å². The summed E-state index contributed by atoms with van der Waals surface area (Å²) in [6, 6.07) is 5.83. The Morgan fingerprint density at radius 1 is 1.07 bits per heavy atom. The van der Waals surface area contributed by atoms with Gasteiger partial charge in [-0.25, -0.2) is 14.8 Å². The summed E-state index contributed by atoms with van der Waals surface area (Å²) in [6.45, 7) is 5.83. The van der Waals surface area contributed by atoms with Crippen molar-refractivity contribution in [3.63, 3.8) is 0 Å². The maximum absolute atomic E-state index is 12.7. The number of thioether (sulfide) groups is 1. The molecule has 0 aliphatic heterocycles. The van der Waals surface area contributed by atoms with Gasteiger partial charge in [-0.2, -0.15) is 0 Å². The molecule has 29 heavy (non-hydrogen) atoms. The Hall–Kier alpha value is -2.94. The van der Waals surface area contributed by atoms with Crippen molar-refractivity contribution in [2.75, 3.05) is 11.1 Å². The monoisotopic (exact) mass is 413 g/mol. The Morgan fingerprint density at radius 3 is 2.34 bits per heavy atom. The third kappa shape index (κ3) is 4.24. The van der Waals surface area contributed by atoms with E-state index in [-0.39, 0.29) is 22.7 Å². The minimum atomic E-state index is -0.469. The van der Waals surface area contributed by atoms with Crippen LogP contribution in [-0.2, 0) is 25.3 Å². The highest BCUT2D eigenvalue weighted by atomic mass is 32.2. The van der Waals surface area contributed by atoms with Gasteiger partial charge in [-0.05, 0) is 37.1 Å². The first-order valence-electron chi connectivity index (χ1n) is 9.18. The van der Waals surface area contributed by atoms with Crippen molar-refractivity contribution < 1.29 is 4.79 Å². The minimum absolute atomic E-state index is 0.0776. The fourth-order valence-corrected chi connectivity index (χ4v) is 3.95. The lowest BCUT2D eigenvalue weighted by Gasteiger charge is -2.11. The van der Waals surface area contributed by atoms with Gasteiger partial charge in [0.05, 0.1) is 5.75 Å². The first-order chi connectivity index (χ1) is 13.7. The summed E-state index contributed by atoms with van der Waals surface area (Å²) in [5, 5.41) is 3.52. The van der Waals surface area contributed by atoms with Crippen molar-refractivity contribution in [3.8, 4) is 0 Å². The van der Waals surface area contributed by atoms with Crippen LogP contribution in [0, 0.1) is 13.8 Å². The smallest absolute Gasteiger partial charge is 0.325 e. The molecule has 0 saturated heterocycles. The standard InChI is InChI=1S/C20H23N5O3S/c1-6-14-22-17-16(19(27)25(5)20(28)24(17)4)18(23-14)29-10-15(26)21-13-8-11(2)7-12(3)9-13/h7-9H,6,10H2,1-5H3,(H,21,26). The zero-order chi connectivity index (χ0) is 21.3. The van der Waals surface area contributed by atoms with Crippen LogP contribution in [0.25, 0.3) is 11.0 Å². The largest absolute Gasteiger partial charge is 0.332 e. The zero-order valence-corrected chi connectivity index (χ0v) is 17.9. The molecule has 3 rings (SSSR count). The summed E-state index contributed by atoms with van der Waals surface area (Å²) >= 11 is 1.16. The Kier molecular flexibility index (Phi) is 5.88. The maximum atomic E-state index is 12.7. The molecule has 0 spiro atoms. The normalized spacial score (nSPS) is 11.1. The number of aromatic nitrogens is 4. The van der Waals surface area contributed by atoms with Crippen LogP contribution in [-0.4, -0.2) is 30.8 Å². The lowest BCUT2D eigenvalue weighted by atomic mass is 10.1. The molecule has 0 radical (unpaired) electrons. The van der Waals surface area contributed by atoms with E-state index in [0.717, 1.165) is 33.1 Å². The van der Waals surface area contributed by atoms with Crippen molar-refractivity contribution in [3.05, 3.63) is 56.0 Å². The molecule has 0 aliphatic carbocycles. The van der Waals surface area contributed by atoms with E-state index in [2.05, 4.69) is 15.3 Å². The summed E-state index contributed by atoms with van der Waals surface area (Å²) in [7, 11) is 2.98. The van der Waals surface area contributed by atoms with Crippen LogP contribution in [0.1, 0.15) is 23.9 Å². The number of carbonyl (C=O) groups excluding carboxylic acids is 1. The molecule has 0 aliphatic rings. The number of hydrogen-bond acceptors (Lipinski definition) is 6. The molecule has 152 valence electrons. The van der Waals surface area contributed by atoms with E-state index in [1.165, 1.54) is 11.6 Å². The van der Waals surface area contributed by atoms with E-state index in [1.54, 1.807) is 7.05 Å². The highest BCUT2D eigenvalue weighted by Gasteiger charge is 2.18. The van der Waals surface area contributed by atoms with Crippen LogP contribution in [0.5, 0.6) is 0 Å². The van der Waals surface area contributed by atoms with Crippen molar-refractivity contribution in [1.82, 2.24) is 19.1 Å². The van der Waals surface area contributed by atoms with E-state index >= 15 is 0 Å². The predicted molar refractivity (Wildman–Crippen MR) is 115 cm³/mol. The Morgan fingerprint density at radius 2 is 1.72 bits per heavy atom. The van der Waals surface area contributed by atoms with Crippen molar-refractivity contribution in [2.45, 2.75) is 32.2 Å². The van der Waals surface area contributed by atoms with Crippen LogP contribution in [0.15, 0.2) is 32.8 Å². The summed E-state index contributed by atoms with van der Waals surface area (Å²) in [5.74, 6) is 0.387. The third-order valence-corrected chi connectivity index (χ3v) is 5.45. The van der Waals surface area contributed by atoms with Crippen LogP contribution < -0.4 is 16.6 Å². The van der Waals surface area contributed by atoms with E-state index in [9.17, 15) is 14.4 Å². The molecule has 0 unspecified atom stereocenters. The Bertz CT molecular complexity index is 1210. The van der Waals surface area contributed by atoms with Gasteiger partial charge in [0.15, 0.2) is 5.65 Å². The molecule has 2 aromatic heterocycles. The van der Waals surface area contributed by atoms with Gasteiger partial charge in [0.25, 0.3) is 5.56 Å². The van der Waals surface area contributed by atoms with Gasteiger partial charge in [-0.15, -0.1) is 0 Å². The van der Waals surface area contributed by atoms with E-state index in [1.807, 2.05) is 39.0 Å². The molecule has 0 fully saturated rings. The fraction of sp³-hybridized carbons (Fsp3) is 0.350. The molecule has 1 aromatic carbocycles. The summed E-state index contributed by atoms with van der Waals surface area (Å²) in [4.78, 5) is 46.2. The number of anilines is 1. The molecule has 9 heteroatoms. The lowest BCUT2D eigenvalue weighted by molar-refractivity contribution is -0.113. The summed E-state index contributed by atoms with van der Waals surface area (Å²) in [6.07, 6.45) is 0.543. The number of fused-ring (bicyclic) bond motifs is 1. The minimum Gasteiger partial charge on any atom is -0.325 e. The summed E-state index contributed by atoms with van der Waals surface area (Å²) < 4.78 is 2.36. The van der Waals surface area contributed by atoms with E-state index in [0.29, 0.717) is 17.3 Å². The van der Waals surface area contributed by atoms with Gasteiger partial charge in [0.2, 0.25) is 5.91 Å². The highest BCUT2D eigenvalue weighted by Crippen LogP contribution is 2.23. The number of amides is 1. The first-order valence-corrected chi connectivity index (χ1v) is 10.2. The van der Waals surface area contributed by atoms with Gasteiger partial charge >= 0.3 is 5.69 Å². The highest BCUT2D eigenvalue weighted by molar-refractivity contribution is 8.00. The van der Waals surface area contributed by atoms with Gasteiger partial charge in [-0.3, -0.25) is 18.7 Å². The number of rotatable bonds is 5. The number of hydrogen-bond donors (Lipinski definition) is 1. The van der Waals surface area contributed by atoms with Gasteiger partial charge in [-0.1, -0.05) is 24.8 Å². The quantitative estimate of drug-likeness (QED) is 0.507. The number of nitrogens with one attached hydrogen (secondary N) is 1. The molecule has 2 heterocycles. The van der Waals surface area contributed by atoms with Crippen LogP contribution in [0.3, 0.4) is 0 Å². The van der Waals surface area contributed by atoms with Crippen LogP contribution >= 0.6 is 11.8 Å². The van der Waals surface area contributed by atoms with E-state index in [4.69, 9.17) is 0 Å². The number of aryl methyl sites for hydroxylation is 4. The van der Waals surface area contributed by atoms with Crippen molar-refractivity contribution in [1.29, 1.82) is 0 Å². The molecule has 8 nitrogen and oxygen atoms in total. The Balaban J connectivity index is 1.94. The van der Waals surface area contributed by atoms with Crippen molar-refractivity contribution >= 4 is 34.4 Å². The van der Waals surface area contributed by atoms with Crippen LogP contribution in [0.4, 0.5) is 5.69 Å². The number of carbonyl (C=O) groups is 1. The second-order valence-corrected chi connectivity index (χ2v) is 7.88. The second kappa shape index (κ2) is 8.20. The first kappa shape index (κ1) is 20.8. The second-order valence-electron chi connectivity index (χ2n) is 6.92. The molecule has 0 atom stereocenters. The van der Waals surface area contributed by atoms with Crippen molar-refractivity contribution in [2.24, 2.45) is 14.1 Å². The lowest BCUT2D eigenvalue weighted by Crippen LogP contribution is -2.37. The molecular weight excluding hydrogens is 390 g/mol. The SMILES string of the molecule is CCc1nc(SCC(=O)Nc2cc(C)cc(C)c2)c2c(=O)n(C)c(=O)n(C)c2n1. The number of nitrogens with zero attached hydrogens (tertiary/aromatic N) is 4. The van der Waals surface area contributed by atoms with Gasteiger partial charge in [0.1, 0.15) is 16.2 Å². The Labute approximate surface area is 172 Å². The topological polar surface area (TPSA) is 98.9 Å². The average molecular weight is 414 g/mol. The molecule has 3 aromatic rings. The number of benzene rings is 1. The third-order valence-electron chi connectivity index (χ3n) is 4.47. The predicted octanol–water partition coefficient (Wildman–Crippen LogP) is 1.94.